The van der Waals surface area contributed by atoms with Crippen molar-refractivity contribution in [3.63, 3.8) is 0 Å². The molecule has 0 unspecified atom stereocenters. The van der Waals surface area contributed by atoms with E-state index < -0.39 is 0 Å². The van der Waals surface area contributed by atoms with Crippen LogP contribution in [-0.4, -0.2) is 0 Å². The minimum absolute atomic E-state index is 1.13. The molecule has 0 radical (unpaired) electrons. The third-order valence-corrected chi connectivity index (χ3v) is 2.06. The van der Waals surface area contributed by atoms with Crippen LogP contribution in [0.3, 0.4) is 0 Å². The van der Waals surface area contributed by atoms with Gasteiger partial charge in [0.05, 0.1) is 0 Å². The van der Waals surface area contributed by atoms with Gasteiger partial charge in [-0.25, -0.2) is 0 Å². The van der Waals surface area contributed by atoms with Crippen molar-refractivity contribution in [3.05, 3.63) is 24.3 Å². The summed E-state index contributed by atoms with van der Waals surface area (Å²) in [6, 6.07) is 0. The van der Waals surface area contributed by atoms with Crippen LogP contribution in [0.15, 0.2) is 24.3 Å². The number of unbranched alkanes of at least 4 members (excludes halogenated alkanes) is 2. The molecule has 0 aromatic rings. The summed E-state index contributed by atoms with van der Waals surface area (Å²) < 4.78 is 0. The van der Waals surface area contributed by atoms with Crippen LogP contribution in [0.2, 0.25) is 0 Å². The predicted octanol–water partition coefficient (Wildman–Crippen LogP) is 4.48. The maximum atomic E-state index is 3.97. The van der Waals surface area contributed by atoms with E-state index in [1.54, 1.807) is 0 Å². The van der Waals surface area contributed by atoms with Crippen molar-refractivity contribution in [1.82, 2.24) is 0 Å². The van der Waals surface area contributed by atoms with Crippen LogP contribution in [0, 0.1) is 0 Å². The molecule has 0 heteroatoms. The van der Waals surface area contributed by atoms with E-state index in [4.69, 9.17) is 0 Å². The normalized spacial score (nSPS) is 10.8. The van der Waals surface area contributed by atoms with Gasteiger partial charge in [0.1, 0.15) is 0 Å². The molecule has 0 N–H and O–H groups in total. The fraction of sp³-hybridized carbons (Fsp3) is 0.667. The maximum Gasteiger partial charge on any atom is -0.0288 e. The third kappa shape index (κ3) is 7.59. The first-order valence-corrected chi connectivity index (χ1v) is 5.12. The molecule has 0 saturated heterocycles. The summed E-state index contributed by atoms with van der Waals surface area (Å²) in [6.07, 6.45) is 11.9. The molecule has 0 fully saturated rings. The van der Waals surface area contributed by atoms with Crippen molar-refractivity contribution in [2.45, 2.75) is 52.4 Å². The fourth-order valence-corrected chi connectivity index (χ4v) is 1.02. The lowest BCUT2D eigenvalue weighted by molar-refractivity contribution is 0.809. The van der Waals surface area contributed by atoms with Gasteiger partial charge in [-0.05, 0) is 25.7 Å². The van der Waals surface area contributed by atoms with E-state index in [-0.39, 0.29) is 0 Å². The molecule has 0 aliphatic rings. The lowest BCUT2D eigenvalue weighted by atomic mass is 10.1. The molecule has 12 heavy (non-hydrogen) atoms. The van der Waals surface area contributed by atoms with Gasteiger partial charge in [0.25, 0.3) is 0 Å². The average molecular weight is 166 g/mol. The van der Waals surface area contributed by atoms with E-state index in [1.165, 1.54) is 37.7 Å². The summed E-state index contributed by atoms with van der Waals surface area (Å²) in [6.45, 7) is 8.37. The second kappa shape index (κ2) is 8.58. The minimum Gasteiger partial charge on any atom is -0.0999 e. The summed E-state index contributed by atoms with van der Waals surface area (Å²) in [4.78, 5) is 0. The van der Waals surface area contributed by atoms with Gasteiger partial charge in [-0.15, -0.1) is 0 Å². The molecule has 0 aliphatic carbocycles. The topological polar surface area (TPSA) is 0 Å². The first-order valence-electron chi connectivity index (χ1n) is 5.12. The molecule has 0 heterocycles. The lowest BCUT2D eigenvalue weighted by Crippen LogP contribution is -1.76. The Balaban J connectivity index is 3.18. The Bertz CT molecular complexity index is 131. The van der Waals surface area contributed by atoms with E-state index in [2.05, 4.69) is 32.6 Å². The smallest absolute Gasteiger partial charge is 0.0288 e. The summed E-state index contributed by atoms with van der Waals surface area (Å²) in [5, 5.41) is 0. The first-order chi connectivity index (χ1) is 5.81. The molecular formula is C12H22. The minimum atomic E-state index is 1.13. The van der Waals surface area contributed by atoms with Crippen molar-refractivity contribution in [1.29, 1.82) is 0 Å². The summed E-state index contributed by atoms with van der Waals surface area (Å²) >= 11 is 0. The molecule has 0 aliphatic heterocycles. The van der Waals surface area contributed by atoms with Crippen molar-refractivity contribution in [3.8, 4) is 0 Å². The van der Waals surface area contributed by atoms with E-state index in [0.29, 0.717) is 0 Å². The van der Waals surface area contributed by atoms with E-state index >= 15 is 0 Å². The molecule has 70 valence electrons. The summed E-state index contributed by atoms with van der Waals surface area (Å²) in [7, 11) is 0. The quantitative estimate of drug-likeness (QED) is 0.386. The van der Waals surface area contributed by atoms with Crippen molar-refractivity contribution in [2.75, 3.05) is 0 Å². The zero-order valence-corrected chi connectivity index (χ0v) is 8.60. The van der Waals surface area contributed by atoms with Crippen LogP contribution in [0.5, 0.6) is 0 Å². The molecule has 0 atom stereocenters. The Hall–Kier alpha value is -0.520. The van der Waals surface area contributed by atoms with Crippen LogP contribution < -0.4 is 0 Å². The molecule has 0 amide bonds. The van der Waals surface area contributed by atoms with Gasteiger partial charge >= 0.3 is 0 Å². The number of hydrogen-bond donors (Lipinski definition) is 0. The van der Waals surface area contributed by atoms with Crippen molar-refractivity contribution < 1.29 is 0 Å². The summed E-state index contributed by atoms with van der Waals surface area (Å²) in [5.41, 5.74) is 1.37. The van der Waals surface area contributed by atoms with E-state index in [0.717, 1.165) is 6.42 Å². The zero-order chi connectivity index (χ0) is 9.23. The molecule has 0 rings (SSSR count). The lowest BCUT2D eigenvalue weighted by Gasteiger charge is -1.96. The molecule has 0 nitrogen and oxygen atoms in total. The second-order valence-corrected chi connectivity index (χ2v) is 3.26. The van der Waals surface area contributed by atoms with Gasteiger partial charge in [0, 0.05) is 0 Å². The van der Waals surface area contributed by atoms with Crippen LogP contribution >= 0.6 is 0 Å². The Kier molecular flexibility index (Phi) is 8.20. The first kappa shape index (κ1) is 11.5. The molecule has 0 bridgehead atoms. The molecule has 0 aromatic carbocycles. The van der Waals surface area contributed by atoms with Gasteiger partial charge in [-0.3, -0.25) is 0 Å². The molecular weight excluding hydrogens is 144 g/mol. The highest BCUT2D eigenvalue weighted by Crippen LogP contribution is 2.07. The van der Waals surface area contributed by atoms with Gasteiger partial charge in [0.15, 0.2) is 0 Å². The number of hydrogen-bond acceptors (Lipinski definition) is 0. The fourth-order valence-electron chi connectivity index (χ4n) is 1.02. The Morgan fingerprint density at radius 3 is 2.42 bits per heavy atom. The van der Waals surface area contributed by atoms with Crippen LogP contribution in [0.25, 0.3) is 0 Å². The average Bonchev–Trinajstić information content (AvgIpc) is 2.10. The highest BCUT2D eigenvalue weighted by molar-refractivity contribution is 4.95. The van der Waals surface area contributed by atoms with Gasteiger partial charge in [-0.1, -0.05) is 51.0 Å². The van der Waals surface area contributed by atoms with Gasteiger partial charge < -0.3 is 0 Å². The van der Waals surface area contributed by atoms with E-state index in [9.17, 15) is 0 Å². The van der Waals surface area contributed by atoms with Crippen molar-refractivity contribution >= 4 is 0 Å². The van der Waals surface area contributed by atoms with Crippen LogP contribution in [-0.2, 0) is 0 Å². The number of allylic oxidation sites excluding steroid dienone is 3. The molecule has 0 aromatic heterocycles. The maximum absolute atomic E-state index is 3.97. The number of rotatable bonds is 7. The van der Waals surface area contributed by atoms with Crippen LogP contribution in [0.4, 0.5) is 0 Å². The Labute approximate surface area is 77.4 Å². The van der Waals surface area contributed by atoms with Crippen molar-refractivity contribution in [2.24, 2.45) is 0 Å². The highest BCUT2D eigenvalue weighted by atomic mass is 13.9. The SMILES string of the molecule is C=C(CC)CCC=CCCCC. The summed E-state index contributed by atoms with van der Waals surface area (Å²) in [5.74, 6) is 0. The predicted molar refractivity (Wildman–Crippen MR) is 57.3 cm³/mol. The Morgan fingerprint density at radius 1 is 1.17 bits per heavy atom. The monoisotopic (exact) mass is 166 g/mol. The third-order valence-electron chi connectivity index (χ3n) is 2.06. The van der Waals surface area contributed by atoms with Crippen LogP contribution in [0.1, 0.15) is 52.4 Å². The standard InChI is InChI=1S/C12H22/c1-4-6-7-8-9-10-11-12(3)5-2/h8-9H,3-7,10-11H2,1-2H3. The van der Waals surface area contributed by atoms with Gasteiger partial charge in [0.2, 0.25) is 0 Å². The molecule has 0 saturated carbocycles. The second-order valence-electron chi connectivity index (χ2n) is 3.26. The zero-order valence-electron chi connectivity index (χ0n) is 8.60. The van der Waals surface area contributed by atoms with E-state index in [1.807, 2.05) is 0 Å². The highest BCUT2D eigenvalue weighted by Gasteiger charge is 1.86. The Morgan fingerprint density at radius 2 is 1.83 bits per heavy atom. The molecule has 0 spiro atoms. The van der Waals surface area contributed by atoms with Gasteiger partial charge in [-0.2, -0.15) is 0 Å². The largest absolute Gasteiger partial charge is 0.0999 e.